The van der Waals surface area contributed by atoms with E-state index in [1.807, 2.05) is 0 Å². The summed E-state index contributed by atoms with van der Waals surface area (Å²) < 4.78 is 11.4. The molecule has 94 valence electrons. The molecule has 2 fully saturated rings. The zero-order valence-corrected chi connectivity index (χ0v) is 10.2. The minimum absolute atomic E-state index is 0.266. The minimum atomic E-state index is 0.266. The van der Waals surface area contributed by atoms with Gasteiger partial charge < -0.3 is 15.2 Å². The third kappa shape index (κ3) is 3.72. The Labute approximate surface area is 98.7 Å². The smallest absolute Gasteiger partial charge is 0.0726 e. The van der Waals surface area contributed by atoms with E-state index in [-0.39, 0.29) is 6.04 Å². The zero-order chi connectivity index (χ0) is 11.2. The van der Waals surface area contributed by atoms with Crippen molar-refractivity contribution in [3.63, 3.8) is 0 Å². The van der Waals surface area contributed by atoms with Crippen molar-refractivity contribution in [2.45, 2.75) is 57.1 Å². The van der Waals surface area contributed by atoms with Crippen LogP contribution in [-0.2, 0) is 9.47 Å². The first-order valence-electron chi connectivity index (χ1n) is 6.81. The van der Waals surface area contributed by atoms with Crippen molar-refractivity contribution < 1.29 is 9.47 Å². The molecule has 1 aliphatic heterocycles. The van der Waals surface area contributed by atoms with Gasteiger partial charge in [0.2, 0.25) is 0 Å². The van der Waals surface area contributed by atoms with Gasteiger partial charge in [-0.3, -0.25) is 0 Å². The van der Waals surface area contributed by atoms with E-state index in [1.165, 1.54) is 19.3 Å². The van der Waals surface area contributed by atoms with Gasteiger partial charge in [0.15, 0.2) is 0 Å². The third-order valence-electron chi connectivity index (χ3n) is 3.89. The molecular formula is C13H25NO2. The lowest BCUT2D eigenvalue weighted by Gasteiger charge is -2.27. The number of hydrogen-bond donors (Lipinski definition) is 1. The molecule has 1 saturated carbocycles. The van der Waals surface area contributed by atoms with E-state index in [2.05, 4.69) is 0 Å². The summed E-state index contributed by atoms with van der Waals surface area (Å²) in [5.41, 5.74) is 6.14. The number of hydrogen-bond acceptors (Lipinski definition) is 3. The predicted molar refractivity (Wildman–Crippen MR) is 64.3 cm³/mol. The van der Waals surface area contributed by atoms with E-state index in [1.54, 1.807) is 0 Å². The molecule has 1 aliphatic carbocycles. The van der Waals surface area contributed by atoms with E-state index in [0.29, 0.717) is 12.0 Å². The molecule has 16 heavy (non-hydrogen) atoms. The highest BCUT2D eigenvalue weighted by Crippen LogP contribution is 2.22. The van der Waals surface area contributed by atoms with E-state index < -0.39 is 0 Å². The lowest BCUT2D eigenvalue weighted by Crippen LogP contribution is -2.37. The summed E-state index contributed by atoms with van der Waals surface area (Å²) in [6, 6.07) is 0.266. The van der Waals surface area contributed by atoms with Crippen molar-refractivity contribution in [2.24, 2.45) is 11.7 Å². The molecule has 2 rings (SSSR count). The monoisotopic (exact) mass is 227 g/mol. The van der Waals surface area contributed by atoms with Crippen LogP contribution in [0.1, 0.15) is 44.9 Å². The summed E-state index contributed by atoms with van der Waals surface area (Å²) in [5.74, 6) is 0.698. The first-order chi connectivity index (χ1) is 7.86. The fourth-order valence-corrected chi connectivity index (χ4v) is 2.68. The summed E-state index contributed by atoms with van der Waals surface area (Å²) in [4.78, 5) is 0. The van der Waals surface area contributed by atoms with Crippen LogP contribution in [0, 0.1) is 5.92 Å². The van der Waals surface area contributed by atoms with Crippen LogP contribution in [0.15, 0.2) is 0 Å². The Balaban J connectivity index is 1.70. The van der Waals surface area contributed by atoms with Gasteiger partial charge in [-0.05, 0) is 31.6 Å². The van der Waals surface area contributed by atoms with Crippen molar-refractivity contribution in [3.8, 4) is 0 Å². The molecule has 3 heteroatoms. The maximum absolute atomic E-state index is 6.14. The lowest BCUT2D eigenvalue weighted by molar-refractivity contribution is -0.0215. The average Bonchev–Trinajstić information content (AvgIpc) is 2.53. The average molecular weight is 227 g/mol. The molecule has 2 aliphatic rings. The second-order valence-corrected chi connectivity index (χ2v) is 5.23. The van der Waals surface area contributed by atoms with Crippen LogP contribution < -0.4 is 5.73 Å². The van der Waals surface area contributed by atoms with Crippen molar-refractivity contribution in [2.75, 3.05) is 19.8 Å². The summed E-state index contributed by atoms with van der Waals surface area (Å²) >= 11 is 0. The van der Waals surface area contributed by atoms with Crippen LogP contribution in [0.4, 0.5) is 0 Å². The zero-order valence-electron chi connectivity index (χ0n) is 10.2. The Hall–Kier alpha value is -0.120. The highest BCUT2D eigenvalue weighted by atomic mass is 16.5. The second kappa shape index (κ2) is 6.58. The minimum Gasteiger partial charge on any atom is -0.381 e. The van der Waals surface area contributed by atoms with Crippen LogP contribution >= 0.6 is 0 Å². The highest BCUT2D eigenvalue weighted by Gasteiger charge is 2.23. The topological polar surface area (TPSA) is 44.5 Å². The molecule has 0 spiro atoms. The Morgan fingerprint density at radius 2 is 1.75 bits per heavy atom. The number of ether oxygens (including phenoxy) is 2. The van der Waals surface area contributed by atoms with E-state index in [0.717, 1.165) is 45.5 Å². The summed E-state index contributed by atoms with van der Waals surface area (Å²) in [5, 5.41) is 0. The molecule has 0 bridgehead atoms. The molecule has 0 radical (unpaired) electrons. The van der Waals surface area contributed by atoms with Gasteiger partial charge in [0.25, 0.3) is 0 Å². The Morgan fingerprint density at radius 3 is 2.56 bits per heavy atom. The molecule has 2 unspecified atom stereocenters. The molecule has 0 aromatic rings. The third-order valence-corrected chi connectivity index (χ3v) is 3.89. The molecule has 2 N–H and O–H groups in total. The Kier molecular flexibility index (Phi) is 5.07. The maximum atomic E-state index is 6.14. The van der Waals surface area contributed by atoms with Gasteiger partial charge in [0.1, 0.15) is 0 Å². The fraction of sp³-hybridized carbons (Fsp3) is 1.00. The van der Waals surface area contributed by atoms with E-state index in [4.69, 9.17) is 15.2 Å². The molecule has 2 atom stereocenters. The lowest BCUT2D eigenvalue weighted by atomic mass is 10.0. The quantitative estimate of drug-likeness (QED) is 0.751. The van der Waals surface area contributed by atoms with Crippen molar-refractivity contribution in [1.29, 1.82) is 0 Å². The van der Waals surface area contributed by atoms with Gasteiger partial charge in [0.05, 0.1) is 12.7 Å². The molecule has 1 heterocycles. The first-order valence-corrected chi connectivity index (χ1v) is 6.81. The van der Waals surface area contributed by atoms with Gasteiger partial charge in [-0.25, -0.2) is 0 Å². The van der Waals surface area contributed by atoms with Crippen LogP contribution in [0.5, 0.6) is 0 Å². The molecule has 0 aromatic carbocycles. The number of rotatable bonds is 3. The van der Waals surface area contributed by atoms with Crippen molar-refractivity contribution in [1.82, 2.24) is 0 Å². The van der Waals surface area contributed by atoms with Gasteiger partial charge in [0, 0.05) is 19.3 Å². The SMILES string of the molecule is NC1CCCCCC1OCC1CCOCC1. The van der Waals surface area contributed by atoms with Crippen molar-refractivity contribution >= 4 is 0 Å². The highest BCUT2D eigenvalue weighted by molar-refractivity contribution is 4.77. The van der Waals surface area contributed by atoms with Crippen LogP contribution in [0.25, 0.3) is 0 Å². The fourth-order valence-electron chi connectivity index (χ4n) is 2.68. The molecule has 0 aromatic heterocycles. The Morgan fingerprint density at radius 1 is 1.00 bits per heavy atom. The molecular weight excluding hydrogens is 202 g/mol. The summed E-state index contributed by atoms with van der Waals surface area (Å²) in [6.45, 7) is 2.71. The summed E-state index contributed by atoms with van der Waals surface area (Å²) in [7, 11) is 0. The van der Waals surface area contributed by atoms with Crippen LogP contribution in [0.2, 0.25) is 0 Å². The van der Waals surface area contributed by atoms with Gasteiger partial charge in [-0.2, -0.15) is 0 Å². The van der Waals surface area contributed by atoms with Gasteiger partial charge in [-0.1, -0.05) is 19.3 Å². The van der Waals surface area contributed by atoms with Crippen LogP contribution in [-0.4, -0.2) is 32.0 Å². The van der Waals surface area contributed by atoms with Crippen LogP contribution in [0.3, 0.4) is 0 Å². The normalized spacial score (nSPS) is 33.6. The van der Waals surface area contributed by atoms with E-state index >= 15 is 0 Å². The maximum Gasteiger partial charge on any atom is 0.0726 e. The molecule has 0 amide bonds. The standard InChI is InChI=1S/C13H25NO2/c14-12-4-2-1-3-5-13(12)16-10-11-6-8-15-9-7-11/h11-13H,1-10,14H2. The Bertz CT molecular complexity index is 192. The van der Waals surface area contributed by atoms with E-state index in [9.17, 15) is 0 Å². The predicted octanol–water partition coefficient (Wildman–Crippen LogP) is 2.09. The van der Waals surface area contributed by atoms with Gasteiger partial charge >= 0.3 is 0 Å². The second-order valence-electron chi connectivity index (χ2n) is 5.23. The molecule has 3 nitrogen and oxygen atoms in total. The summed E-state index contributed by atoms with van der Waals surface area (Å²) in [6.07, 6.45) is 8.80. The number of nitrogens with two attached hydrogens (primary N) is 1. The largest absolute Gasteiger partial charge is 0.381 e. The van der Waals surface area contributed by atoms with Crippen molar-refractivity contribution in [3.05, 3.63) is 0 Å². The molecule has 1 saturated heterocycles. The van der Waals surface area contributed by atoms with Gasteiger partial charge in [-0.15, -0.1) is 0 Å². The first kappa shape index (κ1) is 12.3.